The fourth-order valence-electron chi connectivity index (χ4n) is 7.85. The minimum absolute atomic E-state index is 0.00495. The number of ether oxygens (including phenoxy) is 5. The number of thioether (sulfide) groups is 1. The number of hydrogen-bond acceptors (Lipinski definition) is 12. The Kier molecular flexibility index (Phi) is 13.1. The zero-order valence-electron chi connectivity index (χ0n) is 32.8. The summed E-state index contributed by atoms with van der Waals surface area (Å²) in [7, 11) is 2.02. The van der Waals surface area contributed by atoms with Crippen LogP contribution in [-0.2, 0) is 24.3 Å². The van der Waals surface area contributed by atoms with Crippen molar-refractivity contribution in [3.05, 3.63) is 165 Å². The van der Waals surface area contributed by atoms with E-state index in [0.717, 1.165) is 42.6 Å². The first-order valence-corrected chi connectivity index (χ1v) is 23.3. The molecule has 2 bridgehead atoms. The lowest BCUT2D eigenvalue weighted by atomic mass is 9.79. The van der Waals surface area contributed by atoms with E-state index >= 15 is 0 Å². The van der Waals surface area contributed by atoms with Gasteiger partial charge in [0.1, 0.15) is 34.9 Å². The Balaban J connectivity index is 1.15. The second kappa shape index (κ2) is 18.6. The minimum Gasteiger partial charge on any atom is -0.497 e. The number of fused-ring (bicyclic) bond motifs is 2. The van der Waals surface area contributed by atoms with Crippen molar-refractivity contribution in [1.29, 1.82) is 0 Å². The highest BCUT2D eigenvalue weighted by Gasteiger charge is 2.65. The molecule has 0 amide bonds. The van der Waals surface area contributed by atoms with E-state index in [1.54, 1.807) is 25.6 Å². The lowest BCUT2D eigenvalue weighted by molar-refractivity contribution is -0.203. The Morgan fingerprint density at radius 3 is 2.05 bits per heavy atom. The average Bonchev–Trinajstić information content (AvgIpc) is 4.01. The normalized spacial score (nSPS) is 22.0. The number of benzene rings is 4. The van der Waals surface area contributed by atoms with Crippen LogP contribution in [0.5, 0.6) is 11.5 Å². The van der Waals surface area contributed by atoms with Crippen LogP contribution in [0.15, 0.2) is 131 Å². The number of H-pyrrole nitrogens is 1. The number of aromatic amines is 1. The molecule has 15 heteroatoms. The van der Waals surface area contributed by atoms with Crippen LogP contribution >= 0.6 is 30.6 Å². The molecule has 3 aliphatic rings. The number of carbonyl (C=O) groups is 1. The van der Waals surface area contributed by atoms with E-state index in [2.05, 4.69) is 9.65 Å². The summed E-state index contributed by atoms with van der Waals surface area (Å²) >= 11 is 3.00. The van der Waals surface area contributed by atoms with E-state index < -0.39 is 48.4 Å². The number of hydrogen-bond donors (Lipinski definition) is 1. The molecule has 3 unspecified atom stereocenters. The van der Waals surface area contributed by atoms with E-state index in [1.807, 2.05) is 109 Å². The molecule has 4 aromatic carbocycles. The maximum Gasteiger partial charge on any atom is 0.330 e. The molecule has 5 atom stereocenters. The fraction of sp³-hybridized carbons (Fsp3) is 0.341. The summed E-state index contributed by atoms with van der Waals surface area (Å²) < 4.78 is 43.0. The van der Waals surface area contributed by atoms with Crippen molar-refractivity contribution in [2.24, 2.45) is 0 Å². The third-order valence-corrected chi connectivity index (χ3v) is 16.1. The topological polar surface area (TPSA) is 131 Å². The first-order chi connectivity index (χ1) is 28.8. The highest BCUT2D eigenvalue weighted by molar-refractivity contribution is 8.53. The summed E-state index contributed by atoms with van der Waals surface area (Å²) in [5, 5.41) is 0.0363. The van der Waals surface area contributed by atoms with E-state index in [-0.39, 0.29) is 18.3 Å². The van der Waals surface area contributed by atoms with Crippen LogP contribution in [-0.4, -0.2) is 89.2 Å². The van der Waals surface area contributed by atoms with Gasteiger partial charge in [0.15, 0.2) is 13.7 Å². The molecule has 0 aliphatic carbocycles. The van der Waals surface area contributed by atoms with Crippen LogP contribution in [0.2, 0.25) is 0 Å². The fourth-order valence-corrected chi connectivity index (χ4v) is 13.2. The average molecular weight is 856 g/mol. The standard InChI is InChI=1S/C44H46N3O9PS2/c1-51-35-19-15-33(16-20-35)44(32-13-7-4-8-14-32,34-17-21-36(52-2)22-18-34)54-30-43-29-53-38(40(55-43)47-26-23-37(48)45-42(47)50)39(43)56-57(46-24-9-10-25-46)59-28-27-58-41(49)31-11-5-3-6-12-31/h3-8,11-23,26,38-40H,9-10,24-25,27-30H2,1-2H3,(H,45,48,50)/t38?,39?,40-,43-,57?/m1/s1. The molecule has 3 saturated heterocycles. The van der Waals surface area contributed by atoms with Gasteiger partial charge < -0.3 is 28.2 Å². The van der Waals surface area contributed by atoms with Crippen molar-refractivity contribution in [3.63, 3.8) is 0 Å². The molecule has 59 heavy (non-hydrogen) atoms. The third kappa shape index (κ3) is 8.69. The number of aromatic nitrogens is 2. The minimum atomic E-state index is -1.25. The number of nitrogens with one attached hydrogen (secondary N) is 1. The molecule has 308 valence electrons. The van der Waals surface area contributed by atoms with Gasteiger partial charge in [-0.15, -0.1) is 0 Å². The molecule has 1 N–H and O–H groups in total. The summed E-state index contributed by atoms with van der Waals surface area (Å²) in [6.45, 7) is 1.91. The van der Waals surface area contributed by atoms with Gasteiger partial charge in [0.05, 0.1) is 27.4 Å². The molecule has 12 nitrogen and oxygen atoms in total. The van der Waals surface area contributed by atoms with Gasteiger partial charge in [0.2, 0.25) is 5.12 Å². The van der Waals surface area contributed by atoms with Crippen LogP contribution in [0.25, 0.3) is 0 Å². The molecule has 0 spiro atoms. The van der Waals surface area contributed by atoms with E-state index in [9.17, 15) is 14.4 Å². The lowest BCUT2D eigenvalue weighted by Gasteiger charge is -2.40. The SMILES string of the molecule is COc1ccc(C(OC[C@]23COC(C2OP(SCCSC(=O)c2ccccc2)N2CCCC2)[C@H](n2ccc(=O)[nH]c2=O)O3)(c2ccccc2)c2ccc(OC)cc2)cc1. The highest BCUT2D eigenvalue weighted by atomic mass is 32.7. The van der Waals surface area contributed by atoms with Crippen molar-refractivity contribution in [2.75, 3.05) is 52.0 Å². The zero-order chi connectivity index (χ0) is 40.8. The first-order valence-electron chi connectivity index (χ1n) is 19.5. The van der Waals surface area contributed by atoms with Crippen LogP contribution < -0.4 is 20.7 Å². The zero-order valence-corrected chi connectivity index (χ0v) is 35.3. The molecule has 5 aromatic rings. The predicted molar refractivity (Wildman–Crippen MR) is 230 cm³/mol. The second-order valence-electron chi connectivity index (χ2n) is 14.4. The molecule has 8 rings (SSSR count). The summed E-state index contributed by atoms with van der Waals surface area (Å²) in [6.07, 6.45) is 1.27. The third-order valence-electron chi connectivity index (χ3n) is 10.9. The van der Waals surface area contributed by atoms with Gasteiger partial charge in [-0.3, -0.25) is 23.8 Å². The summed E-state index contributed by atoms with van der Waals surface area (Å²) in [4.78, 5) is 40.7. The molecular formula is C44H46N3O9PS2. The summed E-state index contributed by atoms with van der Waals surface area (Å²) in [5.41, 5.74) is -0.203. The maximum absolute atomic E-state index is 13.3. The largest absolute Gasteiger partial charge is 0.497 e. The lowest BCUT2D eigenvalue weighted by Crippen LogP contribution is -2.49. The molecule has 4 heterocycles. The van der Waals surface area contributed by atoms with E-state index in [4.69, 9.17) is 28.2 Å². The molecule has 1 aromatic heterocycles. The highest BCUT2D eigenvalue weighted by Crippen LogP contribution is 2.61. The first kappa shape index (κ1) is 41.5. The van der Waals surface area contributed by atoms with Gasteiger partial charge in [-0.1, -0.05) is 108 Å². The number of rotatable bonds is 17. The van der Waals surface area contributed by atoms with Gasteiger partial charge in [-0.25, -0.2) is 4.79 Å². The van der Waals surface area contributed by atoms with Gasteiger partial charge in [0, 0.05) is 42.4 Å². The molecule has 0 saturated carbocycles. The quantitative estimate of drug-likeness (QED) is 0.0575. The smallest absolute Gasteiger partial charge is 0.330 e. The van der Waals surface area contributed by atoms with Crippen molar-refractivity contribution in [1.82, 2.24) is 14.2 Å². The van der Waals surface area contributed by atoms with Gasteiger partial charge in [-0.2, -0.15) is 0 Å². The Bertz CT molecular complexity index is 2250. The molecular weight excluding hydrogens is 810 g/mol. The van der Waals surface area contributed by atoms with E-state index in [1.165, 1.54) is 28.6 Å². The number of carbonyl (C=O) groups excluding carboxylic acids is 1. The Morgan fingerprint density at radius 2 is 1.44 bits per heavy atom. The van der Waals surface area contributed by atoms with Crippen molar-refractivity contribution in [2.45, 2.75) is 42.5 Å². The maximum atomic E-state index is 13.3. The predicted octanol–water partition coefficient (Wildman–Crippen LogP) is 7.24. The monoisotopic (exact) mass is 855 g/mol. The van der Waals surface area contributed by atoms with Gasteiger partial charge in [0.25, 0.3) is 5.56 Å². The molecule has 3 fully saturated rings. The van der Waals surface area contributed by atoms with Crippen LogP contribution in [0.1, 0.15) is 46.1 Å². The van der Waals surface area contributed by atoms with Crippen molar-refractivity contribution < 1.29 is 33.0 Å². The second-order valence-corrected chi connectivity index (χ2v) is 19.1. The Labute approximate surface area is 352 Å². The van der Waals surface area contributed by atoms with Crippen LogP contribution in [0.4, 0.5) is 0 Å². The summed E-state index contributed by atoms with van der Waals surface area (Å²) in [6, 6.07) is 36.3. The van der Waals surface area contributed by atoms with Gasteiger partial charge in [-0.05, 0) is 53.8 Å². The van der Waals surface area contributed by atoms with Crippen molar-refractivity contribution in [3.8, 4) is 11.5 Å². The number of nitrogens with zero attached hydrogens (tertiary/aromatic N) is 2. The Morgan fingerprint density at radius 1 is 0.831 bits per heavy atom. The van der Waals surface area contributed by atoms with E-state index in [0.29, 0.717) is 28.6 Å². The summed E-state index contributed by atoms with van der Waals surface area (Å²) in [5.74, 6) is 2.70. The van der Waals surface area contributed by atoms with Crippen LogP contribution in [0.3, 0.4) is 0 Å². The van der Waals surface area contributed by atoms with Gasteiger partial charge >= 0.3 is 5.69 Å². The van der Waals surface area contributed by atoms with Crippen molar-refractivity contribution >= 4 is 35.8 Å². The molecule has 3 aliphatic heterocycles. The van der Waals surface area contributed by atoms with Crippen LogP contribution in [0, 0.1) is 0 Å². The number of methoxy groups -OCH3 is 2. The Hall–Kier alpha value is -4.24. The molecule has 0 radical (unpaired) electrons.